The van der Waals surface area contributed by atoms with Gasteiger partial charge in [-0.2, -0.15) is 0 Å². The fourth-order valence-corrected chi connectivity index (χ4v) is 3.24. The number of rotatable bonds is 6. The molecule has 0 aliphatic rings. The molecule has 0 saturated heterocycles. The van der Waals surface area contributed by atoms with E-state index in [1.54, 1.807) is 7.11 Å². The van der Waals surface area contributed by atoms with Crippen LogP contribution in [-0.4, -0.2) is 29.8 Å². The number of benzene rings is 2. The Kier molecular flexibility index (Phi) is 4.89. The number of carboxylic acids is 1. The molecule has 5 nitrogen and oxygen atoms in total. The van der Waals surface area contributed by atoms with E-state index in [0.29, 0.717) is 18.1 Å². The molecule has 0 aliphatic heterocycles. The second kappa shape index (κ2) is 7.12. The molecule has 0 amide bonds. The third-order valence-corrected chi connectivity index (χ3v) is 4.69. The number of methoxy groups -OCH3 is 1. The Morgan fingerprint density at radius 3 is 2.58 bits per heavy atom. The van der Waals surface area contributed by atoms with E-state index in [9.17, 15) is 9.90 Å². The summed E-state index contributed by atoms with van der Waals surface area (Å²) in [6.07, 6.45) is -0.0483. The molecule has 5 heteroatoms. The average molecular weight is 353 g/mol. The Labute approximate surface area is 152 Å². The van der Waals surface area contributed by atoms with Crippen LogP contribution in [0.5, 0.6) is 11.5 Å². The summed E-state index contributed by atoms with van der Waals surface area (Å²) in [7, 11) is 1.60. The molecule has 0 saturated carbocycles. The Hall–Kier alpha value is -2.95. The summed E-state index contributed by atoms with van der Waals surface area (Å²) >= 11 is 0. The van der Waals surface area contributed by atoms with Crippen molar-refractivity contribution in [3.63, 3.8) is 0 Å². The van der Waals surface area contributed by atoms with E-state index >= 15 is 0 Å². The minimum absolute atomic E-state index is 0.0483. The number of carbonyl (C=O) groups is 1. The molecule has 26 heavy (non-hydrogen) atoms. The summed E-state index contributed by atoms with van der Waals surface area (Å²) in [5.41, 5.74) is 5.72. The Bertz CT molecular complexity index is 972. The molecule has 0 spiro atoms. The van der Waals surface area contributed by atoms with Gasteiger partial charge in [-0.15, -0.1) is 0 Å². The molecule has 136 valence electrons. The lowest BCUT2D eigenvalue weighted by Gasteiger charge is -2.11. The van der Waals surface area contributed by atoms with Crippen LogP contribution in [0.2, 0.25) is 0 Å². The predicted octanol–water partition coefficient (Wildman–Crippen LogP) is 4.49. The molecule has 2 aromatic carbocycles. The van der Waals surface area contributed by atoms with Gasteiger partial charge >= 0.3 is 5.97 Å². The summed E-state index contributed by atoms with van der Waals surface area (Å²) in [6, 6.07) is 9.67. The van der Waals surface area contributed by atoms with Crippen LogP contribution in [0.1, 0.15) is 23.6 Å². The first-order valence-electron chi connectivity index (χ1n) is 8.60. The molecule has 0 atom stereocenters. The molecule has 0 aliphatic carbocycles. The molecule has 1 aromatic heterocycles. The number of hydrogen-bond donors (Lipinski definition) is 2. The fourth-order valence-electron chi connectivity index (χ4n) is 3.24. The van der Waals surface area contributed by atoms with Crippen LogP contribution in [0.25, 0.3) is 22.2 Å². The first kappa shape index (κ1) is 17.9. The SMILES string of the molecule is CCOc1ccc(-c2[nH]c3c(C)c(C)ccc3c2CC(=O)O)cc1OC. The van der Waals surface area contributed by atoms with Crippen LogP contribution < -0.4 is 9.47 Å². The summed E-state index contributed by atoms with van der Waals surface area (Å²) in [5.74, 6) is 0.433. The third kappa shape index (κ3) is 3.12. The minimum atomic E-state index is -0.858. The van der Waals surface area contributed by atoms with Crippen molar-refractivity contribution in [1.82, 2.24) is 4.98 Å². The fraction of sp³-hybridized carbons (Fsp3) is 0.286. The number of aromatic nitrogens is 1. The highest BCUT2D eigenvalue weighted by atomic mass is 16.5. The lowest BCUT2D eigenvalue weighted by atomic mass is 10.00. The third-order valence-electron chi connectivity index (χ3n) is 4.69. The van der Waals surface area contributed by atoms with Crippen LogP contribution >= 0.6 is 0 Å². The number of nitrogens with one attached hydrogen (secondary N) is 1. The van der Waals surface area contributed by atoms with Crippen molar-refractivity contribution in [2.45, 2.75) is 27.2 Å². The molecule has 1 heterocycles. The number of ether oxygens (including phenoxy) is 2. The highest BCUT2D eigenvalue weighted by Crippen LogP contribution is 2.37. The van der Waals surface area contributed by atoms with Gasteiger partial charge < -0.3 is 19.6 Å². The highest BCUT2D eigenvalue weighted by molar-refractivity contribution is 5.96. The zero-order valence-electron chi connectivity index (χ0n) is 15.5. The molecular weight excluding hydrogens is 330 g/mol. The number of carboxylic acid groups (broad SMARTS) is 1. The van der Waals surface area contributed by atoms with Gasteiger partial charge in [0.15, 0.2) is 11.5 Å². The van der Waals surface area contributed by atoms with E-state index < -0.39 is 5.97 Å². The number of fused-ring (bicyclic) bond motifs is 1. The molecule has 0 unspecified atom stereocenters. The van der Waals surface area contributed by atoms with Gasteiger partial charge in [-0.05, 0) is 55.7 Å². The van der Waals surface area contributed by atoms with E-state index in [4.69, 9.17) is 9.47 Å². The number of H-pyrrole nitrogens is 1. The van der Waals surface area contributed by atoms with Gasteiger partial charge in [0.25, 0.3) is 0 Å². The van der Waals surface area contributed by atoms with Crippen LogP contribution in [0.3, 0.4) is 0 Å². The number of aliphatic carboxylic acids is 1. The van der Waals surface area contributed by atoms with Crippen LogP contribution in [-0.2, 0) is 11.2 Å². The van der Waals surface area contributed by atoms with Crippen LogP contribution in [0.15, 0.2) is 30.3 Å². The van der Waals surface area contributed by atoms with E-state index in [1.807, 2.05) is 51.1 Å². The van der Waals surface area contributed by atoms with E-state index in [0.717, 1.165) is 38.9 Å². The van der Waals surface area contributed by atoms with Gasteiger partial charge in [0.2, 0.25) is 0 Å². The van der Waals surface area contributed by atoms with Crippen molar-refractivity contribution < 1.29 is 19.4 Å². The van der Waals surface area contributed by atoms with Gasteiger partial charge in [0.05, 0.1) is 25.8 Å². The van der Waals surface area contributed by atoms with Crippen molar-refractivity contribution >= 4 is 16.9 Å². The average Bonchev–Trinajstić information content (AvgIpc) is 2.97. The van der Waals surface area contributed by atoms with Crippen LogP contribution in [0, 0.1) is 13.8 Å². The smallest absolute Gasteiger partial charge is 0.307 e. The molecule has 3 rings (SSSR count). The molecule has 2 N–H and O–H groups in total. The largest absolute Gasteiger partial charge is 0.493 e. The van der Waals surface area contributed by atoms with Gasteiger partial charge in [0.1, 0.15) is 0 Å². The maximum Gasteiger partial charge on any atom is 0.307 e. The van der Waals surface area contributed by atoms with Crippen LogP contribution in [0.4, 0.5) is 0 Å². The molecular formula is C21H23NO4. The number of aromatic amines is 1. The van der Waals surface area contributed by atoms with Crippen molar-refractivity contribution in [3.05, 3.63) is 47.0 Å². The maximum absolute atomic E-state index is 11.4. The Morgan fingerprint density at radius 2 is 1.92 bits per heavy atom. The maximum atomic E-state index is 11.4. The molecule has 0 fully saturated rings. The predicted molar refractivity (Wildman–Crippen MR) is 102 cm³/mol. The first-order valence-corrected chi connectivity index (χ1v) is 8.60. The van der Waals surface area contributed by atoms with Gasteiger partial charge in [-0.25, -0.2) is 0 Å². The second-order valence-electron chi connectivity index (χ2n) is 6.28. The molecule has 3 aromatic rings. The molecule has 0 bridgehead atoms. The monoisotopic (exact) mass is 353 g/mol. The molecule has 0 radical (unpaired) electrons. The van der Waals surface area contributed by atoms with Gasteiger partial charge in [0, 0.05) is 16.5 Å². The Balaban J connectivity index is 2.23. The van der Waals surface area contributed by atoms with Crippen molar-refractivity contribution in [2.75, 3.05) is 13.7 Å². The summed E-state index contributed by atoms with van der Waals surface area (Å²) in [5, 5.41) is 10.3. The van der Waals surface area contributed by atoms with E-state index in [1.165, 1.54) is 0 Å². The lowest BCUT2D eigenvalue weighted by molar-refractivity contribution is -0.136. The van der Waals surface area contributed by atoms with E-state index in [2.05, 4.69) is 4.98 Å². The first-order chi connectivity index (χ1) is 12.5. The standard InChI is InChI=1S/C21H23NO4/c1-5-26-17-9-7-14(10-18(17)25-4)21-16(11-19(23)24)15-8-6-12(2)13(3)20(15)22-21/h6-10,22H,5,11H2,1-4H3,(H,23,24). The number of hydrogen-bond acceptors (Lipinski definition) is 3. The summed E-state index contributed by atoms with van der Waals surface area (Å²) in [4.78, 5) is 14.9. The van der Waals surface area contributed by atoms with Gasteiger partial charge in [-0.3, -0.25) is 4.79 Å². The van der Waals surface area contributed by atoms with Crippen molar-refractivity contribution in [3.8, 4) is 22.8 Å². The normalized spacial score (nSPS) is 10.9. The number of aryl methyl sites for hydroxylation is 2. The van der Waals surface area contributed by atoms with Gasteiger partial charge in [-0.1, -0.05) is 12.1 Å². The van der Waals surface area contributed by atoms with Crippen molar-refractivity contribution in [2.24, 2.45) is 0 Å². The topological polar surface area (TPSA) is 71.6 Å². The van der Waals surface area contributed by atoms with Crippen molar-refractivity contribution in [1.29, 1.82) is 0 Å². The second-order valence-corrected chi connectivity index (χ2v) is 6.28. The minimum Gasteiger partial charge on any atom is -0.493 e. The summed E-state index contributed by atoms with van der Waals surface area (Å²) < 4.78 is 11.0. The quantitative estimate of drug-likeness (QED) is 0.685. The van der Waals surface area contributed by atoms with E-state index in [-0.39, 0.29) is 6.42 Å². The zero-order valence-corrected chi connectivity index (χ0v) is 15.5. The lowest BCUT2D eigenvalue weighted by Crippen LogP contribution is -2.01. The highest BCUT2D eigenvalue weighted by Gasteiger charge is 2.18. The summed E-state index contributed by atoms with van der Waals surface area (Å²) in [6.45, 7) is 6.55. The Morgan fingerprint density at radius 1 is 1.15 bits per heavy atom. The zero-order chi connectivity index (χ0) is 18.8.